The number of carbonyl (C=O) groups is 2. The lowest BCUT2D eigenvalue weighted by Crippen LogP contribution is -2.51. The summed E-state index contributed by atoms with van der Waals surface area (Å²) in [7, 11) is -3.85. The Kier molecular flexibility index (Phi) is 7.91. The van der Waals surface area contributed by atoms with Gasteiger partial charge in [0.25, 0.3) is 11.5 Å². The van der Waals surface area contributed by atoms with Gasteiger partial charge >= 0.3 is 0 Å². The summed E-state index contributed by atoms with van der Waals surface area (Å²) in [4.78, 5) is 42.3. The lowest BCUT2D eigenvalue weighted by atomic mass is 10.0. The second-order valence-electron chi connectivity index (χ2n) is 9.45. The van der Waals surface area contributed by atoms with E-state index in [4.69, 9.17) is 9.57 Å². The van der Waals surface area contributed by atoms with Crippen LogP contribution in [0.5, 0.6) is 0 Å². The molecule has 3 aromatic rings. The monoisotopic (exact) mass is 526 g/mol. The first kappa shape index (κ1) is 26.7. The van der Waals surface area contributed by atoms with Crippen LogP contribution in [-0.2, 0) is 30.8 Å². The summed E-state index contributed by atoms with van der Waals surface area (Å²) in [5, 5.41) is 1.20. The molecule has 0 spiro atoms. The minimum Gasteiger partial charge on any atom is -0.350 e. The van der Waals surface area contributed by atoms with Crippen molar-refractivity contribution in [2.24, 2.45) is 0 Å². The fraction of sp³-hybridized carbons (Fsp3) is 0.370. The van der Waals surface area contributed by atoms with Gasteiger partial charge in [0.1, 0.15) is 6.29 Å². The number of sulfone groups is 1. The summed E-state index contributed by atoms with van der Waals surface area (Å²) in [6.07, 6.45) is 5.04. The van der Waals surface area contributed by atoms with Crippen LogP contribution in [0.3, 0.4) is 0 Å². The van der Waals surface area contributed by atoms with Crippen molar-refractivity contribution in [3.63, 3.8) is 0 Å². The van der Waals surface area contributed by atoms with Crippen molar-refractivity contribution in [3.8, 4) is 11.1 Å². The van der Waals surface area contributed by atoms with Gasteiger partial charge in [-0.1, -0.05) is 30.3 Å². The van der Waals surface area contributed by atoms with Crippen LogP contribution in [0, 0.1) is 0 Å². The van der Waals surface area contributed by atoms with Gasteiger partial charge in [-0.2, -0.15) is 0 Å². The number of carbonyl (C=O) groups excluding carboxylic acids is 2. The molecule has 2 atom stereocenters. The number of ether oxygens (including phenoxy) is 1. The molecule has 0 aliphatic carbocycles. The normalized spacial score (nSPS) is 17.7. The molecule has 2 aromatic carbocycles. The minimum atomic E-state index is -3.85. The maximum absolute atomic E-state index is 13.2. The van der Waals surface area contributed by atoms with Crippen LogP contribution in [0.4, 0.5) is 0 Å². The largest absolute Gasteiger partial charge is 0.350 e. The topological polar surface area (TPSA) is 121 Å². The van der Waals surface area contributed by atoms with E-state index < -0.39 is 26.8 Å². The maximum Gasteiger partial charge on any atom is 0.264 e. The number of amides is 1. The number of pyridine rings is 1. The van der Waals surface area contributed by atoms with E-state index in [-0.39, 0.29) is 18.5 Å². The number of aryl methyl sites for hydroxylation is 1. The average molecular weight is 527 g/mol. The van der Waals surface area contributed by atoms with Gasteiger partial charge in [0.2, 0.25) is 0 Å². The molecular weight excluding hydrogens is 496 g/mol. The molecule has 0 bridgehead atoms. The average Bonchev–Trinajstić information content (AvgIpc) is 2.91. The molecule has 10 heteroatoms. The summed E-state index contributed by atoms with van der Waals surface area (Å²) < 4.78 is 30.3. The number of hydrogen-bond acceptors (Lipinski definition) is 7. The number of fused-ring (bicyclic) bond motifs is 1. The van der Waals surface area contributed by atoms with E-state index >= 15 is 0 Å². The first-order chi connectivity index (χ1) is 17.6. The molecular formula is C27H30N2O7S. The van der Waals surface area contributed by atoms with Crippen molar-refractivity contribution in [1.29, 1.82) is 0 Å². The van der Waals surface area contributed by atoms with Gasteiger partial charge in [0.05, 0.1) is 0 Å². The zero-order chi connectivity index (χ0) is 26.6. The number of aromatic nitrogens is 1. The van der Waals surface area contributed by atoms with E-state index in [0.717, 1.165) is 41.9 Å². The molecule has 1 aliphatic rings. The van der Waals surface area contributed by atoms with Gasteiger partial charge in [-0.3, -0.25) is 14.4 Å². The predicted octanol–water partition coefficient (Wildman–Crippen LogP) is 3.25. The van der Waals surface area contributed by atoms with E-state index in [2.05, 4.69) is 5.48 Å². The molecule has 2 unspecified atom stereocenters. The van der Waals surface area contributed by atoms with Gasteiger partial charge in [0.15, 0.2) is 20.9 Å². The van der Waals surface area contributed by atoms with Gasteiger partial charge in [0, 0.05) is 43.0 Å². The molecule has 2 heterocycles. The van der Waals surface area contributed by atoms with Crippen LogP contribution in [0.1, 0.15) is 43.0 Å². The zero-order valence-corrected chi connectivity index (χ0v) is 21.6. The van der Waals surface area contributed by atoms with Gasteiger partial charge in [-0.05, 0) is 60.9 Å². The summed E-state index contributed by atoms with van der Waals surface area (Å²) in [5.41, 5.74) is 4.35. The number of benzene rings is 2. The number of rotatable bonds is 9. The third-order valence-corrected chi connectivity index (χ3v) is 8.93. The third kappa shape index (κ3) is 5.82. The molecule has 1 aliphatic heterocycles. The van der Waals surface area contributed by atoms with Gasteiger partial charge < -0.3 is 9.30 Å². The van der Waals surface area contributed by atoms with Crippen LogP contribution in [-0.4, -0.2) is 49.1 Å². The van der Waals surface area contributed by atoms with Crippen LogP contribution >= 0.6 is 0 Å². The Balaban J connectivity index is 1.52. The standard InChI is InChI=1S/C27H30N2O7S/c1-27(37(2,33)34,26(32)28-36-24-5-3-4-16-35-24)13-15-29-14-12-22-17-21(10-11-23(22)25(29)31)20-8-6-19(18-30)7-9-20/h6-12,14,17-18,24H,3-5,13,15-16H2,1-2H3,(H,28,32). The zero-order valence-electron chi connectivity index (χ0n) is 20.8. The fourth-order valence-corrected chi connectivity index (χ4v) is 5.07. The fourth-order valence-electron chi connectivity index (χ4n) is 4.23. The van der Waals surface area contributed by atoms with Gasteiger partial charge in [-0.25, -0.2) is 18.7 Å². The van der Waals surface area contributed by atoms with E-state index in [1.807, 2.05) is 24.3 Å². The highest BCUT2D eigenvalue weighted by Crippen LogP contribution is 2.25. The molecule has 4 rings (SSSR count). The Bertz CT molecular complexity index is 1460. The van der Waals surface area contributed by atoms with Crippen LogP contribution < -0.4 is 11.0 Å². The Morgan fingerprint density at radius 1 is 1.16 bits per heavy atom. The molecule has 196 valence electrons. The summed E-state index contributed by atoms with van der Waals surface area (Å²) in [5.74, 6) is -0.803. The Morgan fingerprint density at radius 2 is 1.89 bits per heavy atom. The Labute approximate surface area is 215 Å². The van der Waals surface area contributed by atoms with Crippen LogP contribution in [0.15, 0.2) is 59.5 Å². The lowest BCUT2D eigenvalue weighted by Gasteiger charge is -2.28. The molecule has 1 fully saturated rings. The molecule has 1 saturated heterocycles. The van der Waals surface area contributed by atoms with Crippen molar-refractivity contribution in [1.82, 2.24) is 10.0 Å². The van der Waals surface area contributed by atoms with Crippen molar-refractivity contribution in [2.75, 3.05) is 12.9 Å². The second kappa shape index (κ2) is 11.0. The quantitative estimate of drug-likeness (QED) is 0.336. The molecule has 0 radical (unpaired) electrons. The van der Waals surface area contributed by atoms with Crippen LogP contribution in [0.2, 0.25) is 0 Å². The molecule has 9 nitrogen and oxygen atoms in total. The summed E-state index contributed by atoms with van der Waals surface area (Å²) in [6, 6.07) is 14.3. The van der Waals surface area contributed by atoms with E-state index in [1.54, 1.807) is 30.5 Å². The van der Waals surface area contributed by atoms with Crippen molar-refractivity contribution >= 4 is 32.8 Å². The van der Waals surface area contributed by atoms with E-state index in [1.165, 1.54) is 11.5 Å². The predicted molar refractivity (Wildman–Crippen MR) is 140 cm³/mol. The number of hydroxylamine groups is 1. The van der Waals surface area contributed by atoms with Crippen LogP contribution in [0.25, 0.3) is 21.9 Å². The second-order valence-corrected chi connectivity index (χ2v) is 11.9. The smallest absolute Gasteiger partial charge is 0.264 e. The number of nitrogens with one attached hydrogen (secondary N) is 1. The summed E-state index contributed by atoms with van der Waals surface area (Å²) in [6.45, 7) is 1.86. The highest BCUT2D eigenvalue weighted by molar-refractivity contribution is 7.92. The molecule has 1 aromatic heterocycles. The highest BCUT2D eigenvalue weighted by Gasteiger charge is 2.44. The molecule has 1 N–H and O–H groups in total. The Morgan fingerprint density at radius 3 is 2.54 bits per heavy atom. The van der Waals surface area contributed by atoms with Crippen molar-refractivity contribution in [2.45, 2.75) is 50.2 Å². The van der Waals surface area contributed by atoms with Gasteiger partial charge in [-0.15, -0.1) is 0 Å². The summed E-state index contributed by atoms with van der Waals surface area (Å²) >= 11 is 0. The Hall–Kier alpha value is -3.34. The first-order valence-corrected chi connectivity index (χ1v) is 14.0. The minimum absolute atomic E-state index is 0.0145. The third-order valence-electron chi connectivity index (χ3n) is 6.91. The number of aldehydes is 1. The van der Waals surface area contributed by atoms with Crippen molar-refractivity contribution < 1.29 is 27.6 Å². The number of hydrogen-bond donors (Lipinski definition) is 1. The molecule has 1 amide bonds. The lowest BCUT2D eigenvalue weighted by molar-refractivity contribution is -0.201. The van der Waals surface area contributed by atoms with Crippen molar-refractivity contribution in [3.05, 3.63) is 70.6 Å². The highest BCUT2D eigenvalue weighted by atomic mass is 32.2. The maximum atomic E-state index is 13.2. The molecule has 37 heavy (non-hydrogen) atoms. The van der Waals surface area contributed by atoms with E-state index in [9.17, 15) is 22.8 Å². The molecule has 0 saturated carbocycles. The SMILES string of the molecule is CC(CCn1ccc2cc(-c3ccc(C=O)cc3)ccc2c1=O)(C(=O)NOC1CCCCO1)S(C)(=O)=O. The van der Waals surface area contributed by atoms with E-state index in [0.29, 0.717) is 24.0 Å². The first-order valence-electron chi connectivity index (χ1n) is 12.1. The number of nitrogens with zero attached hydrogens (tertiary/aromatic N) is 1.